The van der Waals surface area contributed by atoms with Gasteiger partial charge in [-0.25, -0.2) is 4.79 Å². The smallest absolute Gasteiger partial charge is 0.335 e. The number of aliphatic hydroxyl groups excluding tert-OH is 3. The van der Waals surface area contributed by atoms with Crippen LogP contribution >= 0.6 is 0 Å². The van der Waals surface area contributed by atoms with Crippen molar-refractivity contribution in [3.63, 3.8) is 0 Å². The third-order valence-corrected chi connectivity index (χ3v) is 4.05. The lowest BCUT2D eigenvalue weighted by Crippen LogP contribution is -2.60. The Balaban J connectivity index is 2.33. The molecule has 0 bridgehead atoms. The van der Waals surface area contributed by atoms with E-state index < -0.39 is 42.6 Å². The summed E-state index contributed by atoms with van der Waals surface area (Å²) < 4.78 is 9.78. The van der Waals surface area contributed by atoms with Crippen LogP contribution in [-0.4, -0.2) is 63.1 Å². The summed E-state index contributed by atoms with van der Waals surface area (Å²) in [6.45, 7) is 2.14. The molecule has 24 heavy (non-hydrogen) atoms. The summed E-state index contributed by atoms with van der Waals surface area (Å²) in [6, 6.07) is 0. The zero-order valence-corrected chi connectivity index (χ0v) is 14.0. The largest absolute Gasteiger partial charge is 0.479 e. The molecule has 1 heterocycles. The molecule has 0 aromatic heterocycles. The normalized spacial score (nSPS) is 30.1. The van der Waals surface area contributed by atoms with Gasteiger partial charge in [0.1, 0.15) is 18.3 Å². The highest BCUT2D eigenvalue weighted by molar-refractivity contribution is 5.73. The summed E-state index contributed by atoms with van der Waals surface area (Å²) in [4.78, 5) is 22.7. The van der Waals surface area contributed by atoms with Gasteiger partial charge < -0.3 is 29.9 Å². The lowest BCUT2D eigenvalue weighted by atomic mass is 9.99. The second-order valence-electron chi connectivity index (χ2n) is 6.10. The molecule has 8 nitrogen and oxygen atoms in total. The monoisotopic (exact) mass is 348 g/mol. The first-order chi connectivity index (χ1) is 11.4. The third-order valence-electron chi connectivity index (χ3n) is 4.05. The van der Waals surface area contributed by atoms with Crippen molar-refractivity contribution in [3.8, 4) is 0 Å². The van der Waals surface area contributed by atoms with E-state index in [2.05, 4.69) is 6.92 Å². The van der Waals surface area contributed by atoms with Crippen molar-refractivity contribution in [2.45, 2.75) is 89.0 Å². The van der Waals surface area contributed by atoms with Crippen LogP contribution in [0.4, 0.5) is 0 Å². The van der Waals surface area contributed by atoms with Gasteiger partial charge in [-0.05, 0) is 6.42 Å². The average molecular weight is 348 g/mol. The zero-order chi connectivity index (χ0) is 18.1. The highest BCUT2D eigenvalue weighted by Gasteiger charge is 2.48. The van der Waals surface area contributed by atoms with Gasteiger partial charge in [-0.1, -0.05) is 45.4 Å². The van der Waals surface area contributed by atoms with Crippen LogP contribution in [0.15, 0.2) is 0 Å². The molecule has 0 amide bonds. The molecule has 0 spiro atoms. The lowest BCUT2D eigenvalue weighted by Gasteiger charge is -2.37. The zero-order valence-electron chi connectivity index (χ0n) is 14.0. The molecule has 0 aromatic rings. The number of esters is 1. The Morgan fingerprint density at radius 3 is 2.08 bits per heavy atom. The fourth-order valence-electron chi connectivity index (χ4n) is 2.56. The molecule has 1 saturated heterocycles. The van der Waals surface area contributed by atoms with Crippen molar-refractivity contribution in [2.24, 2.45) is 0 Å². The molecule has 8 heteroatoms. The second kappa shape index (κ2) is 10.6. The summed E-state index contributed by atoms with van der Waals surface area (Å²) in [7, 11) is 0. The first-order valence-corrected chi connectivity index (χ1v) is 8.50. The van der Waals surface area contributed by atoms with E-state index >= 15 is 0 Å². The molecule has 0 saturated carbocycles. The topological polar surface area (TPSA) is 134 Å². The van der Waals surface area contributed by atoms with Crippen LogP contribution < -0.4 is 0 Å². The number of carboxylic acid groups (broad SMARTS) is 1. The fraction of sp³-hybridized carbons (Fsp3) is 0.875. The number of carbonyl (C=O) groups excluding carboxylic acids is 1. The summed E-state index contributed by atoms with van der Waals surface area (Å²) in [5.41, 5.74) is 0. The summed E-state index contributed by atoms with van der Waals surface area (Å²) in [6.07, 6.45) is -1.29. The SMILES string of the molecule is CCCCCCCCCC(=O)OC1OC(C(=O)O)C(O)C(O)C1O. The minimum absolute atomic E-state index is 0.122. The minimum atomic E-state index is -1.80. The van der Waals surface area contributed by atoms with E-state index in [0.29, 0.717) is 6.42 Å². The Labute approximate surface area is 141 Å². The number of carboxylic acids is 1. The van der Waals surface area contributed by atoms with Gasteiger partial charge in [0.25, 0.3) is 0 Å². The van der Waals surface area contributed by atoms with Crippen molar-refractivity contribution in [1.29, 1.82) is 0 Å². The number of carbonyl (C=O) groups is 2. The Bertz CT molecular complexity index is 400. The van der Waals surface area contributed by atoms with Crippen LogP contribution in [0.5, 0.6) is 0 Å². The van der Waals surface area contributed by atoms with Crippen LogP contribution in [0, 0.1) is 0 Å². The average Bonchev–Trinajstić information content (AvgIpc) is 2.54. The molecule has 0 radical (unpaired) electrons. The lowest BCUT2D eigenvalue weighted by molar-refractivity contribution is -0.286. The fourth-order valence-corrected chi connectivity index (χ4v) is 2.56. The standard InChI is InChI=1S/C16H28O8/c1-2-3-4-5-6-7-8-9-10(17)23-16-13(20)11(18)12(19)14(24-16)15(21)22/h11-14,16,18-20H,2-9H2,1H3,(H,21,22). The van der Waals surface area contributed by atoms with Gasteiger partial charge in [0.15, 0.2) is 6.10 Å². The van der Waals surface area contributed by atoms with Crippen molar-refractivity contribution in [3.05, 3.63) is 0 Å². The van der Waals surface area contributed by atoms with Crippen LogP contribution in [0.2, 0.25) is 0 Å². The van der Waals surface area contributed by atoms with E-state index in [1.54, 1.807) is 0 Å². The van der Waals surface area contributed by atoms with Crippen molar-refractivity contribution < 1.29 is 39.5 Å². The Hall–Kier alpha value is -1.22. The Morgan fingerprint density at radius 1 is 0.917 bits per heavy atom. The first kappa shape index (κ1) is 20.8. The Morgan fingerprint density at radius 2 is 1.50 bits per heavy atom. The molecule has 1 rings (SSSR count). The predicted octanol–water partition coefficient (Wildman–Crippen LogP) is 0.562. The molecule has 1 fully saturated rings. The number of rotatable bonds is 10. The van der Waals surface area contributed by atoms with Gasteiger partial charge in [0.05, 0.1) is 0 Å². The summed E-state index contributed by atoms with van der Waals surface area (Å²) in [5, 5.41) is 37.8. The molecular formula is C16H28O8. The highest BCUT2D eigenvalue weighted by Crippen LogP contribution is 2.23. The van der Waals surface area contributed by atoms with E-state index in [1.165, 1.54) is 19.3 Å². The van der Waals surface area contributed by atoms with Crippen LogP contribution in [0.25, 0.3) is 0 Å². The number of unbranched alkanes of at least 4 members (excludes halogenated alkanes) is 6. The van der Waals surface area contributed by atoms with Crippen molar-refractivity contribution >= 4 is 11.9 Å². The van der Waals surface area contributed by atoms with E-state index in [-0.39, 0.29) is 6.42 Å². The number of aliphatic hydroxyl groups is 3. The maximum atomic E-state index is 11.8. The number of hydrogen-bond donors (Lipinski definition) is 4. The molecule has 0 aromatic carbocycles. The van der Waals surface area contributed by atoms with Gasteiger partial charge in [0, 0.05) is 6.42 Å². The van der Waals surface area contributed by atoms with Gasteiger partial charge in [0.2, 0.25) is 6.29 Å². The van der Waals surface area contributed by atoms with E-state index in [1.807, 2.05) is 0 Å². The number of ether oxygens (including phenoxy) is 2. The van der Waals surface area contributed by atoms with E-state index in [4.69, 9.17) is 14.6 Å². The molecule has 0 aliphatic carbocycles. The molecule has 1 aliphatic rings. The minimum Gasteiger partial charge on any atom is -0.479 e. The van der Waals surface area contributed by atoms with Gasteiger partial charge in [-0.3, -0.25) is 4.79 Å². The maximum Gasteiger partial charge on any atom is 0.335 e. The third kappa shape index (κ3) is 6.35. The summed E-state index contributed by atoms with van der Waals surface area (Å²) in [5.74, 6) is -2.15. The van der Waals surface area contributed by atoms with Crippen LogP contribution in [0.3, 0.4) is 0 Å². The van der Waals surface area contributed by atoms with Crippen LogP contribution in [-0.2, 0) is 19.1 Å². The number of hydrogen-bond acceptors (Lipinski definition) is 7. The summed E-state index contributed by atoms with van der Waals surface area (Å²) >= 11 is 0. The molecular weight excluding hydrogens is 320 g/mol. The highest BCUT2D eigenvalue weighted by atomic mass is 16.7. The van der Waals surface area contributed by atoms with Gasteiger partial charge >= 0.3 is 11.9 Å². The quantitative estimate of drug-likeness (QED) is 0.332. The molecule has 4 N–H and O–H groups in total. The van der Waals surface area contributed by atoms with Crippen molar-refractivity contribution in [2.75, 3.05) is 0 Å². The van der Waals surface area contributed by atoms with E-state index in [0.717, 1.165) is 19.3 Å². The molecule has 140 valence electrons. The van der Waals surface area contributed by atoms with Gasteiger partial charge in [-0.2, -0.15) is 0 Å². The molecule has 5 unspecified atom stereocenters. The number of aliphatic carboxylic acids is 1. The van der Waals surface area contributed by atoms with Crippen molar-refractivity contribution in [1.82, 2.24) is 0 Å². The van der Waals surface area contributed by atoms with E-state index in [9.17, 15) is 24.9 Å². The molecule has 1 aliphatic heterocycles. The predicted molar refractivity (Wildman–Crippen MR) is 83.0 cm³/mol. The van der Waals surface area contributed by atoms with Crippen LogP contribution in [0.1, 0.15) is 58.3 Å². The van der Waals surface area contributed by atoms with Gasteiger partial charge in [-0.15, -0.1) is 0 Å². The second-order valence-corrected chi connectivity index (χ2v) is 6.10. The Kier molecular flexibility index (Phi) is 9.20. The maximum absolute atomic E-state index is 11.8. The first-order valence-electron chi connectivity index (χ1n) is 8.50. The molecule has 5 atom stereocenters.